The highest BCUT2D eigenvalue weighted by Crippen LogP contribution is 2.40. The Morgan fingerprint density at radius 3 is 2.48 bits per heavy atom. The largest absolute Gasteiger partial charge is 0.497 e. The average Bonchev–Trinajstić information content (AvgIpc) is 3.12. The van der Waals surface area contributed by atoms with Crippen molar-refractivity contribution in [3.8, 4) is 5.75 Å². The molecule has 0 aromatic heterocycles. The van der Waals surface area contributed by atoms with Gasteiger partial charge in [-0.05, 0) is 57.2 Å². The molecular formula is C21H31NO3. The summed E-state index contributed by atoms with van der Waals surface area (Å²) in [6.07, 6.45) is 4.84. The molecule has 2 atom stereocenters. The summed E-state index contributed by atoms with van der Waals surface area (Å²) in [6, 6.07) is 8.07. The molecule has 1 saturated heterocycles. The first-order valence-corrected chi connectivity index (χ1v) is 9.49. The van der Waals surface area contributed by atoms with Gasteiger partial charge in [0.05, 0.1) is 31.3 Å². The van der Waals surface area contributed by atoms with Crippen LogP contribution >= 0.6 is 0 Å². The standard InChI is InChI=1S/C21H31NO3/c1-15-13-22(21(2,3)14-25-15)20(23)19(16-7-5-6-8-16)17-9-11-18(24-4)12-10-17/h9-12,15-16,19H,5-8,13-14H2,1-4H3. The Kier molecular flexibility index (Phi) is 5.38. The van der Waals surface area contributed by atoms with E-state index in [-0.39, 0.29) is 23.5 Å². The molecule has 0 spiro atoms. The van der Waals surface area contributed by atoms with Crippen molar-refractivity contribution >= 4 is 5.91 Å². The van der Waals surface area contributed by atoms with Crippen LogP contribution in [0.4, 0.5) is 0 Å². The van der Waals surface area contributed by atoms with Gasteiger partial charge in [0.25, 0.3) is 0 Å². The lowest BCUT2D eigenvalue weighted by molar-refractivity contribution is -0.155. The van der Waals surface area contributed by atoms with Crippen molar-refractivity contribution in [2.24, 2.45) is 5.92 Å². The van der Waals surface area contributed by atoms with E-state index in [4.69, 9.17) is 9.47 Å². The second kappa shape index (κ2) is 7.36. The summed E-state index contributed by atoms with van der Waals surface area (Å²) in [5.41, 5.74) is 0.861. The molecule has 2 fully saturated rings. The summed E-state index contributed by atoms with van der Waals surface area (Å²) < 4.78 is 11.1. The number of hydrogen-bond donors (Lipinski definition) is 0. The van der Waals surface area contributed by atoms with E-state index in [9.17, 15) is 4.79 Å². The number of methoxy groups -OCH3 is 1. The number of amides is 1. The van der Waals surface area contributed by atoms with E-state index >= 15 is 0 Å². The molecular weight excluding hydrogens is 314 g/mol. The highest BCUT2D eigenvalue weighted by molar-refractivity contribution is 5.85. The maximum absolute atomic E-state index is 13.6. The number of ether oxygens (including phenoxy) is 2. The van der Waals surface area contributed by atoms with Gasteiger partial charge in [-0.25, -0.2) is 0 Å². The van der Waals surface area contributed by atoms with Crippen LogP contribution in [0.3, 0.4) is 0 Å². The van der Waals surface area contributed by atoms with E-state index in [1.165, 1.54) is 12.8 Å². The van der Waals surface area contributed by atoms with Crippen LogP contribution in [-0.2, 0) is 9.53 Å². The summed E-state index contributed by atoms with van der Waals surface area (Å²) in [4.78, 5) is 15.7. The summed E-state index contributed by atoms with van der Waals surface area (Å²) in [5, 5.41) is 0. The fourth-order valence-electron chi connectivity index (χ4n) is 4.26. The molecule has 4 nitrogen and oxygen atoms in total. The molecule has 25 heavy (non-hydrogen) atoms. The summed E-state index contributed by atoms with van der Waals surface area (Å²) in [5.74, 6) is 1.48. The number of benzene rings is 1. The predicted octanol–water partition coefficient (Wildman–Crippen LogP) is 3.99. The highest BCUT2D eigenvalue weighted by atomic mass is 16.5. The molecule has 1 heterocycles. The van der Waals surface area contributed by atoms with Gasteiger partial charge in [0.15, 0.2) is 0 Å². The lowest BCUT2D eigenvalue weighted by Gasteiger charge is -2.46. The molecule has 1 aliphatic heterocycles. The number of hydrogen-bond acceptors (Lipinski definition) is 3. The highest BCUT2D eigenvalue weighted by Gasteiger charge is 2.42. The number of nitrogens with zero attached hydrogens (tertiary/aromatic N) is 1. The van der Waals surface area contributed by atoms with Crippen molar-refractivity contribution < 1.29 is 14.3 Å². The average molecular weight is 345 g/mol. The van der Waals surface area contributed by atoms with E-state index in [0.29, 0.717) is 19.1 Å². The van der Waals surface area contributed by atoms with Gasteiger partial charge in [-0.15, -0.1) is 0 Å². The second-order valence-corrected chi connectivity index (χ2v) is 8.18. The Bertz CT molecular complexity index is 590. The zero-order valence-electron chi connectivity index (χ0n) is 16.0. The SMILES string of the molecule is COc1ccc(C(C(=O)N2CC(C)OCC2(C)C)C2CCCC2)cc1. The van der Waals surface area contributed by atoms with Crippen LogP contribution in [0.15, 0.2) is 24.3 Å². The fraction of sp³-hybridized carbons (Fsp3) is 0.667. The van der Waals surface area contributed by atoms with Crippen molar-refractivity contribution in [2.45, 2.75) is 64.0 Å². The Balaban J connectivity index is 1.91. The summed E-state index contributed by atoms with van der Waals surface area (Å²) in [7, 11) is 1.67. The lowest BCUT2D eigenvalue weighted by Crippen LogP contribution is -2.59. The first kappa shape index (κ1) is 18.2. The Morgan fingerprint density at radius 1 is 1.24 bits per heavy atom. The molecule has 1 aliphatic carbocycles. The summed E-state index contributed by atoms with van der Waals surface area (Å²) >= 11 is 0. The van der Waals surface area contributed by atoms with Gasteiger partial charge in [0, 0.05) is 6.54 Å². The van der Waals surface area contributed by atoms with Gasteiger partial charge < -0.3 is 14.4 Å². The van der Waals surface area contributed by atoms with Crippen LogP contribution in [0.25, 0.3) is 0 Å². The Hall–Kier alpha value is -1.55. The van der Waals surface area contributed by atoms with Gasteiger partial charge >= 0.3 is 0 Å². The van der Waals surface area contributed by atoms with E-state index < -0.39 is 0 Å². The molecule has 1 aromatic rings. The van der Waals surface area contributed by atoms with E-state index in [2.05, 4.69) is 30.9 Å². The minimum Gasteiger partial charge on any atom is -0.497 e. The van der Waals surface area contributed by atoms with Gasteiger partial charge in [0.2, 0.25) is 5.91 Å². The van der Waals surface area contributed by atoms with Crippen LogP contribution in [0.5, 0.6) is 5.75 Å². The van der Waals surface area contributed by atoms with Crippen molar-refractivity contribution in [1.82, 2.24) is 4.90 Å². The quantitative estimate of drug-likeness (QED) is 0.828. The summed E-state index contributed by atoms with van der Waals surface area (Å²) in [6.45, 7) is 7.53. The molecule has 0 N–H and O–H groups in total. The number of rotatable bonds is 4. The van der Waals surface area contributed by atoms with Gasteiger partial charge in [-0.3, -0.25) is 4.79 Å². The predicted molar refractivity (Wildman–Crippen MR) is 98.9 cm³/mol. The Labute approximate surface area is 151 Å². The van der Waals surface area contributed by atoms with Crippen LogP contribution in [-0.4, -0.2) is 42.7 Å². The maximum Gasteiger partial charge on any atom is 0.231 e. The van der Waals surface area contributed by atoms with Crippen LogP contribution < -0.4 is 4.74 Å². The van der Waals surface area contributed by atoms with E-state index in [1.54, 1.807) is 7.11 Å². The van der Waals surface area contributed by atoms with E-state index in [1.807, 2.05) is 19.1 Å². The third-order valence-corrected chi connectivity index (χ3v) is 5.77. The topological polar surface area (TPSA) is 38.8 Å². The molecule has 0 radical (unpaired) electrons. The number of morpholine rings is 1. The van der Waals surface area contributed by atoms with Gasteiger partial charge in [-0.2, -0.15) is 0 Å². The molecule has 138 valence electrons. The molecule has 1 saturated carbocycles. The third kappa shape index (κ3) is 3.84. The second-order valence-electron chi connectivity index (χ2n) is 8.18. The molecule has 4 heteroatoms. The molecule has 2 unspecified atom stereocenters. The van der Waals surface area contributed by atoms with E-state index in [0.717, 1.165) is 24.2 Å². The smallest absolute Gasteiger partial charge is 0.231 e. The van der Waals surface area contributed by atoms with Crippen LogP contribution in [0.1, 0.15) is 57.9 Å². The van der Waals surface area contributed by atoms with Crippen molar-refractivity contribution in [3.05, 3.63) is 29.8 Å². The van der Waals surface area contributed by atoms with Crippen molar-refractivity contribution in [3.63, 3.8) is 0 Å². The fourth-order valence-corrected chi connectivity index (χ4v) is 4.26. The molecule has 3 rings (SSSR count). The first-order valence-electron chi connectivity index (χ1n) is 9.49. The Morgan fingerprint density at radius 2 is 1.88 bits per heavy atom. The maximum atomic E-state index is 13.6. The monoisotopic (exact) mass is 345 g/mol. The molecule has 0 bridgehead atoms. The van der Waals surface area contributed by atoms with Crippen molar-refractivity contribution in [1.29, 1.82) is 0 Å². The van der Waals surface area contributed by atoms with Crippen LogP contribution in [0, 0.1) is 5.92 Å². The third-order valence-electron chi connectivity index (χ3n) is 5.77. The van der Waals surface area contributed by atoms with Gasteiger partial charge in [-0.1, -0.05) is 25.0 Å². The molecule has 2 aliphatic rings. The number of carbonyl (C=O) groups is 1. The van der Waals surface area contributed by atoms with Crippen LogP contribution in [0.2, 0.25) is 0 Å². The molecule has 1 aromatic carbocycles. The minimum atomic E-state index is -0.257. The van der Waals surface area contributed by atoms with Crippen molar-refractivity contribution in [2.75, 3.05) is 20.3 Å². The zero-order chi connectivity index (χ0) is 18.0. The normalized spacial score (nSPS) is 25.0. The first-order chi connectivity index (χ1) is 11.9. The lowest BCUT2D eigenvalue weighted by atomic mass is 9.82. The number of carbonyl (C=O) groups excluding carboxylic acids is 1. The molecule has 1 amide bonds. The van der Waals surface area contributed by atoms with Gasteiger partial charge in [0.1, 0.15) is 5.75 Å². The zero-order valence-corrected chi connectivity index (χ0v) is 16.0. The minimum absolute atomic E-state index is 0.0574.